The van der Waals surface area contributed by atoms with Crippen molar-refractivity contribution >= 4 is 6.09 Å². The van der Waals surface area contributed by atoms with Crippen molar-refractivity contribution in [1.82, 2.24) is 5.32 Å². The molecule has 2 atom stereocenters. The summed E-state index contributed by atoms with van der Waals surface area (Å²) in [5.41, 5.74) is 5.26. The van der Waals surface area contributed by atoms with Crippen LogP contribution in [-0.4, -0.2) is 24.3 Å². The smallest absolute Gasteiger partial charge is 0.407 e. The zero-order valence-electron chi connectivity index (χ0n) is 11.0. The fourth-order valence-corrected chi connectivity index (χ4v) is 2.01. The quantitative estimate of drug-likeness (QED) is 0.743. The summed E-state index contributed by atoms with van der Waals surface area (Å²) in [6, 6.07) is 0.00907. The molecule has 0 saturated carbocycles. The summed E-state index contributed by atoms with van der Waals surface area (Å²) in [7, 11) is 0. The molecular weight excluding hydrogens is 216 g/mol. The SMILES string of the molecule is CC(C)(C)OC(=O)NC(CN)C1CC=CCC1. The third kappa shape index (κ3) is 5.22. The van der Waals surface area contributed by atoms with E-state index in [-0.39, 0.29) is 12.1 Å². The minimum Gasteiger partial charge on any atom is -0.444 e. The third-order valence-corrected chi connectivity index (χ3v) is 2.83. The first-order chi connectivity index (χ1) is 7.92. The molecule has 0 saturated heterocycles. The number of hydrogen-bond acceptors (Lipinski definition) is 3. The van der Waals surface area contributed by atoms with Crippen molar-refractivity contribution in [1.29, 1.82) is 0 Å². The molecular formula is C13H24N2O2. The monoisotopic (exact) mass is 240 g/mol. The Morgan fingerprint density at radius 1 is 1.53 bits per heavy atom. The summed E-state index contributed by atoms with van der Waals surface area (Å²) in [6.07, 6.45) is 7.09. The van der Waals surface area contributed by atoms with Gasteiger partial charge in [0.15, 0.2) is 0 Å². The molecule has 0 radical (unpaired) electrons. The molecule has 0 bridgehead atoms. The van der Waals surface area contributed by atoms with Crippen molar-refractivity contribution in [2.45, 2.75) is 51.7 Å². The predicted octanol–water partition coefficient (Wildman–Crippen LogP) is 2.19. The van der Waals surface area contributed by atoms with Crippen molar-refractivity contribution in [3.8, 4) is 0 Å². The van der Waals surface area contributed by atoms with Crippen molar-refractivity contribution < 1.29 is 9.53 Å². The van der Waals surface area contributed by atoms with Gasteiger partial charge in [0.25, 0.3) is 0 Å². The zero-order chi connectivity index (χ0) is 12.9. The van der Waals surface area contributed by atoms with Crippen molar-refractivity contribution in [3.63, 3.8) is 0 Å². The van der Waals surface area contributed by atoms with E-state index in [1.54, 1.807) is 0 Å². The number of hydrogen-bond donors (Lipinski definition) is 2. The van der Waals surface area contributed by atoms with E-state index < -0.39 is 5.60 Å². The summed E-state index contributed by atoms with van der Waals surface area (Å²) in [5, 5.41) is 2.87. The minimum atomic E-state index is -0.463. The Labute approximate surface area is 104 Å². The van der Waals surface area contributed by atoms with Crippen LogP contribution in [0.4, 0.5) is 4.79 Å². The lowest BCUT2D eigenvalue weighted by atomic mass is 9.88. The number of rotatable bonds is 3. The second-order valence-corrected chi connectivity index (χ2v) is 5.53. The van der Waals surface area contributed by atoms with Crippen LogP contribution in [0.1, 0.15) is 40.0 Å². The highest BCUT2D eigenvalue weighted by atomic mass is 16.6. The van der Waals surface area contributed by atoms with Gasteiger partial charge in [-0.1, -0.05) is 12.2 Å². The topological polar surface area (TPSA) is 64.3 Å². The van der Waals surface area contributed by atoms with E-state index in [1.807, 2.05) is 20.8 Å². The van der Waals surface area contributed by atoms with Crippen LogP contribution in [0.25, 0.3) is 0 Å². The molecule has 2 unspecified atom stereocenters. The van der Waals surface area contributed by atoms with Gasteiger partial charge in [-0.05, 0) is 46.0 Å². The predicted molar refractivity (Wildman–Crippen MR) is 68.7 cm³/mol. The highest BCUT2D eigenvalue weighted by molar-refractivity contribution is 5.68. The molecule has 0 aromatic rings. The number of carbonyl (C=O) groups is 1. The lowest BCUT2D eigenvalue weighted by Crippen LogP contribution is -2.47. The van der Waals surface area contributed by atoms with E-state index in [1.165, 1.54) is 0 Å². The molecule has 1 amide bonds. The molecule has 3 N–H and O–H groups in total. The Morgan fingerprint density at radius 3 is 2.71 bits per heavy atom. The third-order valence-electron chi connectivity index (χ3n) is 2.83. The second kappa shape index (κ2) is 6.05. The number of amides is 1. The number of alkyl carbamates (subject to hydrolysis) is 1. The summed E-state index contributed by atoms with van der Waals surface area (Å²) in [4.78, 5) is 11.7. The molecule has 1 aliphatic carbocycles. The number of carbonyl (C=O) groups excluding carboxylic acids is 1. The van der Waals surface area contributed by atoms with Gasteiger partial charge < -0.3 is 15.8 Å². The average Bonchev–Trinajstić information content (AvgIpc) is 2.24. The van der Waals surface area contributed by atoms with E-state index in [0.717, 1.165) is 19.3 Å². The van der Waals surface area contributed by atoms with Crippen LogP contribution in [0, 0.1) is 5.92 Å². The van der Waals surface area contributed by atoms with Crippen LogP contribution < -0.4 is 11.1 Å². The lowest BCUT2D eigenvalue weighted by Gasteiger charge is -2.29. The Kier molecular flexibility index (Phi) is 5.00. The maximum absolute atomic E-state index is 11.7. The summed E-state index contributed by atoms with van der Waals surface area (Å²) >= 11 is 0. The number of nitrogens with one attached hydrogen (secondary N) is 1. The molecule has 98 valence electrons. The van der Waals surface area contributed by atoms with Gasteiger partial charge in [0.2, 0.25) is 0 Å². The first-order valence-electron chi connectivity index (χ1n) is 6.27. The van der Waals surface area contributed by atoms with Crippen LogP contribution in [0.3, 0.4) is 0 Å². The number of nitrogens with two attached hydrogens (primary N) is 1. The molecule has 4 nitrogen and oxygen atoms in total. The Morgan fingerprint density at radius 2 is 2.24 bits per heavy atom. The minimum absolute atomic E-state index is 0.00907. The van der Waals surface area contributed by atoms with E-state index in [4.69, 9.17) is 10.5 Å². The fraction of sp³-hybridized carbons (Fsp3) is 0.769. The number of allylic oxidation sites excluding steroid dienone is 2. The first kappa shape index (κ1) is 14.0. The largest absolute Gasteiger partial charge is 0.444 e. The first-order valence-corrected chi connectivity index (χ1v) is 6.27. The van der Waals surface area contributed by atoms with E-state index in [9.17, 15) is 4.79 Å². The van der Waals surface area contributed by atoms with E-state index in [2.05, 4.69) is 17.5 Å². The van der Waals surface area contributed by atoms with Crippen LogP contribution >= 0.6 is 0 Å². The lowest BCUT2D eigenvalue weighted by molar-refractivity contribution is 0.0486. The van der Waals surface area contributed by atoms with Gasteiger partial charge in [-0.25, -0.2) is 4.79 Å². The molecule has 0 aromatic heterocycles. The normalized spacial score (nSPS) is 22.0. The second-order valence-electron chi connectivity index (χ2n) is 5.53. The Bertz CT molecular complexity index is 282. The van der Waals surface area contributed by atoms with Crippen molar-refractivity contribution in [2.24, 2.45) is 11.7 Å². The van der Waals surface area contributed by atoms with Gasteiger partial charge in [-0.2, -0.15) is 0 Å². The molecule has 1 aliphatic rings. The molecule has 1 rings (SSSR count). The highest BCUT2D eigenvalue weighted by Crippen LogP contribution is 2.21. The van der Waals surface area contributed by atoms with Gasteiger partial charge in [0.05, 0.1) is 0 Å². The maximum atomic E-state index is 11.7. The summed E-state index contributed by atoms with van der Waals surface area (Å²) in [6.45, 7) is 6.02. The van der Waals surface area contributed by atoms with E-state index in [0.29, 0.717) is 12.5 Å². The van der Waals surface area contributed by atoms with Crippen molar-refractivity contribution in [3.05, 3.63) is 12.2 Å². The van der Waals surface area contributed by atoms with Gasteiger partial charge in [0, 0.05) is 12.6 Å². The fourth-order valence-electron chi connectivity index (χ4n) is 2.01. The Hall–Kier alpha value is -1.03. The molecule has 0 heterocycles. The highest BCUT2D eigenvalue weighted by Gasteiger charge is 2.24. The van der Waals surface area contributed by atoms with Crippen LogP contribution in [0.5, 0.6) is 0 Å². The summed E-state index contributed by atoms with van der Waals surface area (Å²) < 4.78 is 5.24. The molecule has 0 aliphatic heterocycles. The molecule has 0 fully saturated rings. The average molecular weight is 240 g/mol. The van der Waals surface area contributed by atoms with E-state index >= 15 is 0 Å². The summed E-state index contributed by atoms with van der Waals surface area (Å²) in [5.74, 6) is 0.428. The standard InChI is InChI=1S/C13H24N2O2/c1-13(2,3)17-12(16)15-11(9-14)10-7-5-4-6-8-10/h4-5,10-11H,6-9,14H2,1-3H3,(H,15,16). The van der Waals surface area contributed by atoms with Crippen LogP contribution in [0.2, 0.25) is 0 Å². The molecule has 0 aromatic carbocycles. The van der Waals surface area contributed by atoms with Crippen LogP contribution in [-0.2, 0) is 4.74 Å². The van der Waals surface area contributed by atoms with Gasteiger partial charge >= 0.3 is 6.09 Å². The van der Waals surface area contributed by atoms with Gasteiger partial charge in [-0.3, -0.25) is 0 Å². The molecule has 4 heteroatoms. The Balaban J connectivity index is 2.46. The maximum Gasteiger partial charge on any atom is 0.407 e. The van der Waals surface area contributed by atoms with Crippen molar-refractivity contribution in [2.75, 3.05) is 6.54 Å². The number of ether oxygens (including phenoxy) is 1. The van der Waals surface area contributed by atoms with Gasteiger partial charge in [0.1, 0.15) is 5.60 Å². The zero-order valence-corrected chi connectivity index (χ0v) is 11.0. The molecule has 0 spiro atoms. The van der Waals surface area contributed by atoms with Gasteiger partial charge in [-0.15, -0.1) is 0 Å². The van der Waals surface area contributed by atoms with Crippen LogP contribution in [0.15, 0.2) is 12.2 Å². The molecule has 17 heavy (non-hydrogen) atoms.